The SMILES string of the molecule is COc1c(C(=O)N(C)c2ccccc2)c(=O)n(C)c2ccccc12. The van der Waals surface area contributed by atoms with E-state index in [1.54, 1.807) is 14.1 Å². The summed E-state index contributed by atoms with van der Waals surface area (Å²) in [6, 6.07) is 16.6. The second-order valence-corrected chi connectivity index (χ2v) is 5.49. The molecule has 1 heterocycles. The van der Waals surface area contributed by atoms with Gasteiger partial charge in [-0.25, -0.2) is 0 Å². The van der Waals surface area contributed by atoms with E-state index in [1.165, 1.54) is 16.6 Å². The molecule has 5 heteroatoms. The standard InChI is InChI=1S/C19H18N2O3/c1-20(13-9-5-4-6-10-13)18(22)16-17(24-3)14-11-7-8-12-15(14)21(2)19(16)23/h4-12H,1-3H3. The Kier molecular flexibility index (Phi) is 4.08. The first-order valence-corrected chi connectivity index (χ1v) is 7.55. The minimum absolute atomic E-state index is 0.0325. The van der Waals surface area contributed by atoms with Gasteiger partial charge in [0.1, 0.15) is 11.3 Å². The van der Waals surface area contributed by atoms with Crippen LogP contribution >= 0.6 is 0 Å². The second kappa shape index (κ2) is 6.20. The first-order valence-electron chi connectivity index (χ1n) is 7.55. The van der Waals surface area contributed by atoms with Crippen LogP contribution in [0.4, 0.5) is 5.69 Å². The fraction of sp³-hybridized carbons (Fsp3) is 0.158. The normalized spacial score (nSPS) is 10.6. The third-order valence-electron chi connectivity index (χ3n) is 4.12. The van der Waals surface area contributed by atoms with Crippen LogP contribution in [0.15, 0.2) is 59.4 Å². The predicted octanol–water partition coefficient (Wildman–Crippen LogP) is 2.82. The van der Waals surface area contributed by atoms with Crippen LogP contribution in [0.3, 0.4) is 0 Å². The molecule has 1 amide bonds. The van der Waals surface area contributed by atoms with Crippen LogP contribution in [0.2, 0.25) is 0 Å². The maximum Gasteiger partial charge on any atom is 0.267 e. The molecule has 0 radical (unpaired) electrons. The number of hydrogen-bond acceptors (Lipinski definition) is 3. The van der Waals surface area contributed by atoms with E-state index < -0.39 is 5.91 Å². The maximum atomic E-state index is 13.0. The summed E-state index contributed by atoms with van der Waals surface area (Å²) in [7, 11) is 4.77. The van der Waals surface area contributed by atoms with E-state index in [1.807, 2.05) is 54.6 Å². The van der Waals surface area contributed by atoms with Gasteiger partial charge < -0.3 is 14.2 Å². The predicted molar refractivity (Wildman–Crippen MR) is 94.9 cm³/mol. The molecule has 0 fully saturated rings. The molecule has 3 aromatic rings. The molecule has 5 nitrogen and oxygen atoms in total. The van der Waals surface area contributed by atoms with Gasteiger partial charge in [-0.3, -0.25) is 9.59 Å². The summed E-state index contributed by atoms with van der Waals surface area (Å²) in [5, 5.41) is 0.729. The minimum atomic E-state index is -0.399. The van der Waals surface area contributed by atoms with Gasteiger partial charge in [-0.05, 0) is 24.3 Å². The van der Waals surface area contributed by atoms with Crippen LogP contribution in [0.25, 0.3) is 10.9 Å². The van der Waals surface area contributed by atoms with Gasteiger partial charge in [-0.15, -0.1) is 0 Å². The van der Waals surface area contributed by atoms with Crippen molar-refractivity contribution in [1.82, 2.24) is 4.57 Å². The molecule has 0 bridgehead atoms. The average molecular weight is 322 g/mol. The van der Waals surface area contributed by atoms with Gasteiger partial charge in [0, 0.05) is 25.2 Å². The highest BCUT2D eigenvalue weighted by Crippen LogP contribution is 2.28. The number of hydrogen-bond donors (Lipinski definition) is 0. The Bertz CT molecular complexity index is 962. The highest BCUT2D eigenvalue weighted by molar-refractivity contribution is 6.10. The van der Waals surface area contributed by atoms with Crippen LogP contribution in [0.5, 0.6) is 5.75 Å². The molecule has 0 atom stereocenters. The number of anilines is 1. The van der Waals surface area contributed by atoms with E-state index in [0.717, 1.165) is 10.9 Å². The molecule has 0 N–H and O–H groups in total. The summed E-state index contributed by atoms with van der Waals surface area (Å²) in [6.07, 6.45) is 0. The number of ether oxygens (including phenoxy) is 1. The van der Waals surface area contributed by atoms with Gasteiger partial charge in [0.25, 0.3) is 11.5 Å². The highest BCUT2D eigenvalue weighted by Gasteiger charge is 2.25. The number of rotatable bonds is 3. The lowest BCUT2D eigenvalue weighted by atomic mass is 10.1. The lowest BCUT2D eigenvalue weighted by Crippen LogP contribution is -2.34. The van der Waals surface area contributed by atoms with Crippen molar-refractivity contribution in [3.05, 3.63) is 70.5 Å². The van der Waals surface area contributed by atoms with Crippen LogP contribution in [-0.2, 0) is 7.05 Å². The van der Waals surface area contributed by atoms with Crippen molar-refractivity contribution >= 4 is 22.5 Å². The molecule has 0 saturated carbocycles. The average Bonchev–Trinajstić information content (AvgIpc) is 2.64. The molecule has 1 aromatic heterocycles. The third-order valence-corrected chi connectivity index (χ3v) is 4.12. The van der Waals surface area contributed by atoms with E-state index in [0.29, 0.717) is 11.4 Å². The molecule has 24 heavy (non-hydrogen) atoms. The van der Waals surface area contributed by atoms with Crippen LogP contribution < -0.4 is 15.2 Å². The Balaban J connectivity index is 2.24. The van der Waals surface area contributed by atoms with Gasteiger partial charge in [-0.1, -0.05) is 30.3 Å². The zero-order valence-electron chi connectivity index (χ0n) is 13.8. The molecule has 0 saturated heterocycles. The largest absolute Gasteiger partial charge is 0.495 e. The summed E-state index contributed by atoms with van der Waals surface area (Å²) >= 11 is 0. The molecular weight excluding hydrogens is 304 g/mol. The fourth-order valence-corrected chi connectivity index (χ4v) is 2.80. The number of carbonyl (C=O) groups is 1. The number of nitrogens with zero attached hydrogens (tertiary/aromatic N) is 2. The number of benzene rings is 2. The van der Waals surface area contributed by atoms with E-state index in [4.69, 9.17) is 4.74 Å². The Hall–Kier alpha value is -3.08. The van der Waals surface area contributed by atoms with Crippen molar-refractivity contribution in [2.45, 2.75) is 0 Å². The topological polar surface area (TPSA) is 51.5 Å². The van der Waals surface area contributed by atoms with Crippen molar-refractivity contribution in [3.63, 3.8) is 0 Å². The zero-order valence-corrected chi connectivity index (χ0v) is 13.8. The Labute approximate surface area is 139 Å². The molecule has 0 aliphatic rings. The van der Waals surface area contributed by atoms with Gasteiger partial charge in [0.05, 0.1) is 12.6 Å². The molecule has 0 aliphatic carbocycles. The number of aromatic nitrogens is 1. The lowest BCUT2D eigenvalue weighted by molar-refractivity contribution is 0.0988. The Morgan fingerprint density at radius 2 is 1.67 bits per heavy atom. The van der Waals surface area contributed by atoms with Gasteiger partial charge >= 0.3 is 0 Å². The van der Waals surface area contributed by atoms with Crippen LogP contribution in [0, 0.1) is 0 Å². The first-order chi connectivity index (χ1) is 11.6. The number of para-hydroxylation sites is 2. The van der Waals surface area contributed by atoms with E-state index in [2.05, 4.69) is 0 Å². The first kappa shape index (κ1) is 15.8. The van der Waals surface area contributed by atoms with Crippen molar-refractivity contribution < 1.29 is 9.53 Å². The summed E-state index contributed by atoms with van der Waals surface area (Å²) in [6.45, 7) is 0. The quantitative estimate of drug-likeness (QED) is 0.745. The summed E-state index contributed by atoms with van der Waals surface area (Å²) in [4.78, 5) is 27.2. The van der Waals surface area contributed by atoms with E-state index >= 15 is 0 Å². The number of amides is 1. The minimum Gasteiger partial charge on any atom is -0.495 e. The van der Waals surface area contributed by atoms with Crippen molar-refractivity contribution in [3.8, 4) is 5.75 Å². The fourth-order valence-electron chi connectivity index (χ4n) is 2.80. The Morgan fingerprint density at radius 3 is 2.33 bits per heavy atom. The van der Waals surface area contributed by atoms with Crippen molar-refractivity contribution in [1.29, 1.82) is 0 Å². The number of fused-ring (bicyclic) bond motifs is 1. The molecule has 0 aliphatic heterocycles. The number of methoxy groups -OCH3 is 1. The summed E-state index contributed by atoms with van der Waals surface area (Å²) in [5.41, 5.74) is 1.08. The zero-order chi connectivity index (χ0) is 17.3. The summed E-state index contributed by atoms with van der Waals surface area (Å²) < 4.78 is 6.92. The smallest absolute Gasteiger partial charge is 0.267 e. The highest BCUT2D eigenvalue weighted by atomic mass is 16.5. The van der Waals surface area contributed by atoms with Gasteiger partial charge in [-0.2, -0.15) is 0 Å². The molecule has 3 rings (SSSR count). The lowest BCUT2D eigenvalue weighted by Gasteiger charge is -2.20. The molecule has 0 spiro atoms. The van der Waals surface area contributed by atoms with Crippen LogP contribution in [0.1, 0.15) is 10.4 Å². The number of aryl methyl sites for hydroxylation is 1. The van der Waals surface area contributed by atoms with Gasteiger partial charge in [0.2, 0.25) is 0 Å². The molecule has 2 aromatic carbocycles. The molecule has 122 valence electrons. The number of pyridine rings is 1. The number of carbonyl (C=O) groups excluding carboxylic acids is 1. The third kappa shape index (κ3) is 2.44. The summed E-state index contributed by atoms with van der Waals surface area (Å²) in [5.74, 6) is -0.0918. The molecular formula is C19H18N2O3. The van der Waals surface area contributed by atoms with E-state index in [-0.39, 0.29) is 11.1 Å². The van der Waals surface area contributed by atoms with Crippen molar-refractivity contribution in [2.24, 2.45) is 7.05 Å². The maximum absolute atomic E-state index is 13.0. The van der Waals surface area contributed by atoms with Gasteiger partial charge in [0.15, 0.2) is 0 Å². The second-order valence-electron chi connectivity index (χ2n) is 5.49. The monoisotopic (exact) mass is 322 g/mol. The molecule has 0 unspecified atom stereocenters. The Morgan fingerprint density at radius 1 is 1.04 bits per heavy atom. The van der Waals surface area contributed by atoms with Crippen LogP contribution in [-0.4, -0.2) is 24.6 Å². The van der Waals surface area contributed by atoms with Crippen molar-refractivity contribution in [2.75, 3.05) is 19.1 Å². The van der Waals surface area contributed by atoms with E-state index in [9.17, 15) is 9.59 Å².